The smallest absolute Gasteiger partial charge is 0.269 e. The lowest BCUT2D eigenvalue weighted by Crippen LogP contribution is -2.27. The number of anilines is 1. The Hall–Kier alpha value is -2.77. The van der Waals surface area contributed by atoms with Crippen molar-refractivity contribution in [2.45, 2.75) is 39.0 Å². The minimum Gasteiger partial charge on any atom is -0.326 e. The zero-order valence-electron chi connectivity index (χ0n) is 13.9. The molecule has 25 heavy (non-hydrogen) atoms. The lowest BCUT2D eigenvalue weighted by molar-refractivity contribution is -0.384. The van der Waals surface area contributed by atoms with Crippen molar-refractivity contribution in [2.75, 3.05) is 5.32 Å². The van der Waals surface area contributed by atoms with Crippen LogP contribution in [-0.4, -0.2) is 22.4 Å². The van der Waals surface area contributed by atoms with Gasteiger partial charge in [-0.1, -0.05) is 6.42 Å². The topological polar surface area (TPSA) is 114 Å². The molecule has 8 nitrogen and oxygen atoms in total. The van der Waals surface area contributed by atoms with Crippen LogP contribution in [-0.2, 0) is 9.59 Å². The molecule has 0 radical (unpaired) electrons. The monoisotopic (exact) mass is 344 g/mol. The minimum atomic E-state index is -0.501. The standard InChI is InChI=1S/C17H20N4O4/c1-11(19-20-16(23)14-10-17(14)7-2-8-17)9-15(22)18-12-3-5-13(6-4-12)21(24)25/h3-6,14H,2,7-10H2,1H3,(H,18,22)(H,20,23)/b19-11-/t14-/m0/s1. The van der Waals surface area contributed by atoms with Gasteiger partial charge in [0, 0.05) is 29.4 Å². The molecule has 8 heteroatoms. The first kappa shape index (κ1) is 17.1. The van der Waals surface area contributed by atoms with Crippen LogP contribution in [0.3, 0.4) is 0 Å². The van der Waals surface area contributed by atoms with Crippen LogP contribution < -0.4 is 10.7 Å². The second-order valence-corrected chi connectivity index (χ2v) is 6.82. The molecule has 2 saturated carbocycles. The van der Waals surface area contributed by atoms with E-state index in [1.165, 1.54) is 30.7 Å². The van der Waals surface area contributed by atoms with Gasteiger partial charge in [-0.05, 0) is 43.7 Å². The summed E-state index contributed by atoms with van der Waals surface area (Å²) in [4.78, 5) is 34.0. The van der Waals surface area contributed by atoms with Crippen molar-refractivity contribution in [3.8, 4) is 0 Å². The Labute approximate surface area is 144 Å². The van der Waals surface area contributed by atoms with E-state index in [9.17, 15) is 19.7 Å². The molecule has 2 aliphatic carbocycles. The van der Waals surface area contributed by atoms with Gasteiger partial charge in [-0.15, -0.1) is 0 Å². The molecule has 0 heterocycles. The number of carbonyl (C=O) groups is 2. The van der Waals surface area contributed by atoms with E-state index in [0.29, 0.717) is 11.4 Å². The largest absolute Gasteiger partial charge is 0.326 e. The maximum Gasteiger partial charge on any atom is 0.269 e. The number of non-ortho nitro benzene ring substituents is 1. The molecule has 1 aromatic carbocycles. The van der Waals surface area contributed by atoms with Crippen LogP contribution in [0.1, 0.15) is 39.0 Å². The molecule has 2 fully saturated rings. The highest BCUT2D eigenvalue weighted by Crippen LogP contribution is 2.65. The van der Waals surface area contributed by atoms with Crippen molar-refractivity contribution in [2.24, 2.45) is 16.4 Å². The quantitative estimate of drug-likeness (QED) is 0.469. The molecule has 1 aromatic rings. The summed E-state index contributed by atoms with van der Waals surface area (Å²) in [7, 11) is 0. The van der Waals surface area contributed by atoms with E-state index in [2.05, 4.69) is 15.8 Å². The molecule has 2 N–H and O–H groups in total. The predicted octanol–water partition coefficient (Wildman–Crippen LogP) is 2.61. The van der Waals surface area contributed by atoms with Gasteiger partial charge < -0.3 is 5.32 Å². The lowest BCUT2D eigenvalue weighted by atomic mass is 9.80. The average Bonchev–Trinajstić information content (AvgIpc) is 3.29. The van der Waals surface area contributed by atoms with E-state index in [4.69, 9.17) is 0 Å². The number of hydrogen-bond acceptors (Lipinski definition) is 5. The Bertz CT molecular complexity index is 738. The van der Waals surface area contributed by atoms with E-state index in [1.54, 1.807) is 6.92 Å². The first-order valence-electron chi connectivity index (χ1n) is 8.27. The highest BCUT2D eigenvalue weighted by molar-refractivity contribution is 6.05. The van der Waals surface area contributed by atoms with Gasteiger partial charge in [0.25, 0.3) is 5.69 Å². The van der Waals surface area contributed by atoms with Crippen LogP contribution in [0.5, 0.6) is 0 Å². The number of amides is 2. The number of rotatable bonds is 6. The fourth-order valence-electron chi connectivity index (χ4n) is 3.27. The summed E-state index contributed by atoms with van der Waals surface area (Å²) in [5, 5.41) is 17.2. The number of nitrogens with zero attached hydrogens (tertiary/aromatic N) is 2. The Kier molecular flexibility index (Phi) is 4.52. The van der Waals surface area contributed by atoms with E-state index in [-0.39, 0.29) is 35.3 Å². The molecule has 0 aliphatic heterocycles. The van der Waals surface area contributed by atoms with Crippen LogP contribution in [0.15, 0.2) is 29.4 Å². The van der Waals surface area contributed by atoms with Crippen LogP contribution >= 0.6 is 0 Å². The average molecular weight is 344 g/mol. The van der Waals surface area contributed by atoms with Gasteiger partial charge in [0.2, 0.25) is 11.8 Å². The van der Waals surface area contributed by atoms with Gasteiger partial charge in [0.15, 0.2) is 0 Å². The second-order valence-electron chi connectivity index (χ2n) is 6.82. The molecular formula is C17H20N4O4. The zero-order valence-corrected chi connectivity index (χ0v) is 13.9. The minimum absolute atomic E-state index is 0.0348. The summed E-state index contributed by atoms with van der Waals surface area (Å²) in [6, 6.07) is 5.58. The summed E-state index contributed by atoms with van der Waals surface area (Å²) in [5.74, 6) is -0.284. The summed E-state index contributed by atoms with van der Waals surface area (Å²) in [6.07, 6.45) is 4.45. The number of nitro groups is 1. The van der Waals surface area contributed by atoms with Crippen molar-refractivity contribution in [3.63, 3.8) is 0 Å². The molecule has 3 rings (SSSR count). The van der Waals surface area contributed by atoms with Crippen LogP contribution in [0, 0.1) is 21.4 Å². The third-order valence-electron chi connectivity index (χ3n) is 4.99. The van der Waals surface area contributed by atoms with E-state index in [1.807, 2.05) is 0 Å². The van der Waals surface area contributed by atoms with E-state index >= 15 is 0 Å². The molecule has 0 unspecified atom stereocenters. The lowest BCUT2D eigenvalue weighted by Gasteiger charge is -2.25. The normalized spacial score (nSPS) is 20.5. The van der Waals surface area contributed by atoms with Crippen LogP contribution in [0.2, 0.25) is 0 Å². The fourth-order valence-corrected chi connectivity index (χ4v) is 3.27. The molecule has 1 spiro atoms. The predicted molar refractivity (Wildman–Crippen MR) is 92.0 cm³/mol. The fraction of sp³-hybridized carbons (Fsp3) is 0.471. The SMILES string of the molecule is C/C(CC(=O)Nc1ccc([N+](=O)[O-])cc1)=N/NC(=O)[C@@H]1CC12CCC2. The second kappa shape index (κ2) is 6.62. The van der Waals surface area contributed by atoms with Crippen molar-refractivity contribution in [1.29, 1.82) is 0 Å². The highest BCUT2D eigenvalue weighted by atomic mass is 16.6. The molecule has 2 aliphatic rings. The first-order chi connectivity index (χ1) is 11.9. The Morgan fingerprint density at radius 1 is 1.32 bits per heavy atom. The number of hydrogen-bond donors (Lipinski definition) is 2. The molecule has 0 bridgehead atoms. The van der Waals surface area contributed by atoms with Crippen molar-refractivity contribution in [1.82, 2.24) is 5.43 Å². The van der Waals surface area contributed by atoms with E-state index in [0.717, 1.165) is 19.3 Å². The maximum absolute atomic E-state index is 12.0. The maximum atomic E-state index is 12.0. The highest BCUT2D eigenvalue weighted by Gasteiger charge is 2.60. The zero-order chi connectivity index (χ0) is 18.0. The van der Waals surface area contributed by atoms with Gasteiger partial charge in [0.1, 0.15) is 0 Å². The number of hydrazone groups is 1. The molecular weight excluding hydrogens is 324 g/mol. The Morgan fingerprint density at radius 3 is 2.52 bits per heavy atom. The molecule has 132 valence electrons. The van der Waals surface area contributed by atoms with Crippen molar-refractivity contribution in [3.05, 3.63) is 34.4 Å². The molecule has 2 amide bonds. The summed E-state index contributed by atoms with van der Waals surface area (Å²) in [6.45, 7) is 1.67. The third kappa shape index (κ3) is 3.84. The number of nitro benzene ring substituents is 1. The molecule has 0 aromatic heterocycles. The third-order valence-corrected chi connectivity index (χ3v) is 4.99. The van der Waals surface area contributed by atoms with Crippen molar-refractivity contribution < 1.29 is 14.5 Å². The van der Waals surface area contributed by atoms with Gasteiger partial charge in [-0.3, -0.25) is 19.7 Å². The Balaban J connectivity index is 1.45. The number of benzene rings is 1. The molecule has 0 saturated heterocycles. The molecule has 1 atom stereocenters. The number of nitrogens with one attached hydrogen (secondary N) is 2. The summed E-state index contributed by atoms with van der Waals surface area (Å²) < 4.78 is 0. The van der Waals surface area contributed by atoms with Gasteiger partial charge in [-0.2, -0.15) is 5.10 Å². The van der Waals surface area contributed by atoms with Crippen molar-refractivity contribution >= 4 is 28.9 Å². The Morgan fingerprint density at radius 2 is 2.00 bits per heavy atom. The summed E-state index contributed by atoms with van der Waals surface area (Å²) >= 11 is 0. The van der Waals surface area contributed by atoms with Crippen LogP contribution in [0.25, 0.3) is 0 Å². The van der Waals surface area contributed by atoms with E-state index < -0.39 is 4.92 Å². The number of carbonyl (C=O) groups excluding carboxylic acids is 2. The van der Waals surface area contributed by atoms with Gasteiger partial charge in [0.05, 0.1) is 11.3 Å². The van der Waals surface area contributed by atoms with Gasteiger partial charge in [-0.25, -0.2) is 5.43 Å². The van der Waals surface area contributed by atoms with Gasteiger partial charge >= 0.3 is 0 Å². The first-order valence-corrected chi connectivity index (χ1v) is 8.27. The van der Waals surface area contributed by atoms with Crippen LogP contribution in [0.4, 0.5) is 11.4 Å². The summed E-state index contributed by atoms with van der Waals surface area (Å²) in [5.41, 5.74) is 3.73.